The molecule has 146 valence electrons. The zero-order chi connectivity index (χ0) is 19.2. The Labute approximate surface area is 158 Å². The van der Waals surface area contributed by atoms with Crippen LogP contribution in [0.3, 0.4) is 0 Å². The first-order chi connectivity index (χ1) is 13.0. The molecule has 1 aliphatic heterocycles. The lowest BCUT2D eigenvalue weighted by molar-refractivity contribution is -0.384. The minimum atomic E-state index is -0.483. The number of piperazine rings is 1. The van der Waals surface area contributed by atoms with Crippen LogP contribution in [0, 0.1) is 16.0 Å². The first-order valence-corrected chi connectivity index (χ1v) is 9.48. The number of rotatable bonds is 5. The van der Waals surface area contributed by atoms with Gasteiger partial charge in [0.2, 0.25) is 5.91 Å². The highest BCUT2D eigenvalue weighted by Crippen LogP contribution is 2.26. The highest BCUT2D eigenvalue weighted by molar-refractivity contribution is 5.80. The van der Waals surface area contributed by atoms with E-state index in [0.717, 1.165) is 25.7 Å². The van der Waals surface area contributed by atoms with E-state index < -0.39 is 4.92 Å². The van der Waals surface area contributed by atoms with Gasteiger partial charge in [0.25, 0.3) is 11.6 Å². The molecule has 8 heteroatoms. The molecule has 1 aromatic carbocycles. The predicted molar refractivity (Wildman–Crippen MR) is 98.3 cm³/mol. The second-order valence-corrected chi connectivity index (χ2v) is 7.08. The second-order valence-electron chi connectivity index (χ2n) is 7.08. The summed E-state index contributed by atoms with van der Waals surface area (Å²) in [6, 6.07) is 5.64. The molecule has 27 heavy (non-hydrogen) atoms. The number of nitro groups is 1. The van der Waals surface area contributed by atoms with Crippen LogP contribution in [-0.2, 0) is 9.59 Å². The van der Waals surface area contributed by atoms with Crippen LogP contribution >= 0.6 is 0 Å². The molecule has 1 aliphatic carbocycles. The first kappa shape index (κ1) is 19.1. The molecule has 3 rings (SSSR count). The van der Waals surface area contributed by atoms with Gasteiger partial charge in [-0.15, -0.1) is 0 Å². The van der Waals surface area contributed by atoms with Gasteiger partial charge in [0.15, 0.2) is 6.61 Å². The number of carbonyl (C=O) groups excluding carboxylic acids is 2. The smallest absolute Gasteiger partial charge is 0.269 e. The highest BCUT2D eigenvalue weighted by Gasteiger charge is 2.29. The number of non-ortho nitro benzene ring substituents is 1. The Bertz CT molecular complexity index is 677. The van der Waals surface area contributed by atoms with E-state index in [1.807, 2.05) is 4.90 Å². The van der Waals surface area contributed by atoms with Crippen molar-refractivity contribution in [3.05, 3.63) is 34.4 Å². The van der Waals surface area contributed by atoms with E-state index in [9.17, 15) is 19.7 Å². The molecule has 0 unspecified atom stereocenters. The molecule has 0 N–H and O–H groups in total. The molecule has 0 radical (unpaired) electrons. The van der Waals surface area contributed by atoms with E-state index >= 15 is 0 Å². The van der Waals surface area contributed by atoms with Crippen molar-refractivity contribution in [3.8, 4) is 5.75 Å². The maximum Gasteiger partial charge on any atom is 0.269 e. The Morgan fingerprint density at radius 1 is 1.00 bits per heavy atom. The van der Waals surface area contributed by atoms with Crippen LogP contribution in [0.1, 0.15) is 32.1 Å². The summed E-state index contributed by atoms with van der Waals surface area (Å²) in [6.07, 6.45) is 5.46. The molecule has 0 spiro atoms. The lowest BCUT2D eigenvalue weighted by atomic mass is 9.88. The van der Waals surface area contributed by atoms with Crippen molar-refractivity contribution in [1.82, 2.24) is 9.80 Å². The van der Waals surface area contributed by atoms with Crippen molar-refractivity contribution < 1.29 is 19.2 Å². The SMILES string of the molecule is O=C(COc1ccc([N+](=O)[O-])cc1)N1CCN(C(=O)C2CCCCC2)CC1. The number of ether oxygens (including phenoxy) is 1. The zero-order valence-electron chi connectivity index (χ0n) is 15.3. The minimum absolute atomic E-state index is 0.0209. The number of nitrogens with zero attached hydrogens (tertiary/aromatic N) is 3. The van der Waals surface area contributed by atoms with Gasteiger partial charge in [-0.2, -0.15) is 0 Å². The van der Waals surface area contributed by atoms with Crippen LogP contribution in [0.2, 0.25) is 0 Å². The average Bonchev–Trinajstić information content (AvgIpc) is 2.72. The molecule has 0 bridgehead atoms. The Morgan fingerprint density at radius 3 is 2.19 bits per heavy atom. The van der Waals surface area contributed by atoms with Crippen molar-refractivity contribution in [3.63, 3.8) is 0 Å². The minimum Gasteiger partial charge on any atom is -0.484 e. The van der Waals surface area contributed by atoms with Gasteiger partial charge < -0.3 is 14.5 Å². The molecule has 0 atom stereocenters. The quantitative estimate of drug-likeness (QED) is 0.581. The summed E-state index contributed by atoms with van der Waals surface area (Å²) >= 11 is 0. The lowest BCUT2D eigenvalue weighted by Gasteiger charge is -2.37. The van der Waals surface area contributed by atoms with Crippen LogP contribution in [0.15, 0.2) is 24.3 Å². The summed E-state index contributed by atoms with van der Waals surface area (Å²) in [7, 11) is 0. The predicted octanol–water partition coefficient (Wildman–Crippen LogP) is 2.22. The van der Waals surface area contributed by atoms with E-state index in [1.54, 1.807) is 4.90 Å². The summed E-state index contributed by atoms with van der Waals surface area (Å²) in [6.45, 7) is 2.05. The molecule has 1 saturated heterocycles. The standard InChI is InChI=1S/C19H25N3O5/c23-18(14-27-17-8-6-16(7-9-17)22(25)26)20-10-12-21(13-11-20)19(24)15-4-2-1-3-5-15/h6-9,15H,1-5,10-14H2. The maximum absolute atomic E-state index is 12.6. The van der Waals surface area contributed by atoms with Crippen molar-refractivity contribution in [1.29, 1.82) is 0 Å². The molecule has 1 saturated carbocycles. The number of hydrogen-bond donors (Lipinski definition) is 0. The summed E-state index contributed by atoms with van der Waals surface area (Å²) < 4.78 is 5.43. The molecular formula is C19H25N3O5. The molecule has 8 nitrogen and oxygen atoms in total. The van der Waals surface area contributed by atoms with Crippen LogP contribution < -0.4 is 4.74 Å². The van der Waals surface area contributed by atoms with Gasteiger partial charge in [-0.05, 0) is 25.0 Å². The number of amides is 2. The molecule has 2 fully saturated rings. The average molecular weight is 375 g/mol. The largest absolute Gasteiger partial charge is 0.484 e. The third-order valence-electron chi connectivity index (χ3n) is 5.31. The monoisotopic (exact) mass is 375 g/mol. The Kier molecular flexibility index (Phi) is 6.26. The molecule has 2 aliphatic rings. The Hall–Kier alpha value is -2.64. The second kappa shape index (κ2) is 8.83. The van der Waals surface area contributed by atoms with Gasteiger partial charge >= 0.3 is 0 Å². The van der Waals surface area contributed by atoms with Gasteiger partial charge in [-0.3, -0.25) is 19.7 Å². The maximum atomic E-state index is 12.6. The van der Waals surface area contributed by atoms with Crippen molar-refractivity contribution >= 4 is 17.5 Å². The van der Waals surface area contributed by atoms with Crippen molar-refractivity contribution in [2.45, 2.75) is 32.1 Å². The van der Waals surface area contributed by atoms with Gasteiger partial charge in [-0.1, -0.05) is 19.3 Å². The number of carbonyl (C=O) groups is 2. The van der Waals surface area contributed by atoms with Gasteiger partial charge in [0.1, 0.15) is 5.75 Å². The summed E-state index contributed by atoms with van der Waals surface area (Å²) in [4.78, 5) is 38.6. The fraction of sp³-hybridized carbons (Fsp3) is 0.579. The highest BCUT2D eigenvalue weighted by atomic mass is 16.6. The molecule has 2 amide bonds. The number of benzene rings is 1. The van der Waals surface area contributed by atoms with Gasteiger partial charge in [-0.25, -0.2) is 0 Å². The van der Waals surface area contributed by atoms with Gasteiger partial charge in [0, 0.05) is 44.2 Å². The van der Waals surface area contributed by atoms with E-state index in [4.69, 9.17) is 4.74 Å². The summed E-state index contributed by atoms with van der Waals surface area (Å²) in [5, 5.41) is 10.6. The van der Waals surface area contributed by atoms with Crippen LogP contribution in [0.25, 0.3) is 0 Å². The molecular weight excluding hydrogens is 350 g/mol. The van der Waals surface area contributed by atoms with E-state index in [2.05, 4.69) is 0 Å². The topological polar surface area (TPSA) is 93.0 Å². The van der Waals surface area contributed by atoms with Crippen molar-refractivity contribution in [2.75, 3.05) is 32.8 Å². The molecule has 1 heterocycles. The van der Waals surface area contributed by atoms with Crippen LogP contribution in [-0.4, -0.2) is 59.3 Å². The van der Waals surface area contributed by atoms with E-state index in [1.165, 1.54) is 30.7 Å². The van der Waals surface area contributed by atoms with E-state index in [-0.39, 0.29) is 30.0 Å². The fourth-order valence-electron chi connectivity index (χ4n) is 3.68. The lowest BCUT2D eigenvalue weighted by Crippen LogP contribution is -2.53. The third kappa shape index (κ3) is 4.96. The number of nitro benzene ring substituents is 1. The Balaban J connectivity index is 1.42. The third-order valence-corrected chi connectivity index (χ3v) is 5.31. The van der Waals surface area contributed by atoms with Crippen LogP contribution in [0.5, 0.6) is 5.75 Å². The first-order valence-electron chi connectivity index (χ1n) is 9.48. The number of hydrogen-bond acceptors (Lipinski definition) is 5. The Morgan fingerprint density at radius 2 is 1.59 bits per heavy atom. The molecule has 0 aromatic heterocycles. The normalized spacial score (nSPS) is 18.2. The van der Waals surface area contributed by atoms with Crippen molar-refractivity contribution in [2.24, 2.45) is 5.92 Å². The summed E-state index contributed by atoms with van der Waals surface area (Å²) in [5.41, 5.74) is -0.0209. The zero-order valence-corrected chi connectivity index (χ0v) is 15.3. The van der Waals surface area contributed by atoms with E-state index in [0.29, 0.717) is 31.9 Å². The fourth-order valence-corrected chi connectivity index (χ4v) is 3.68. The summed E-state index contributed by atoms with van der Waals surface area (Å²) in [5.74, 6) is 0.675. The van der Waals surface area contributed by atoms with Gasteiger partial charge in [0.05, 0.1) is 4.92 Å². The molecule has 1 aromatic rings. The van der Waals surface area contributed by atoms with Crippen LogP contribution in [0.4, 0.5) is 5.69 Å².